The van der Waals surface area contributed by atoms with Gasteiger partial charge in [0.05, 0.1) is 12.1 Å². The second-order valence-corrected chi connectivity index (χ2v) is 3.60. The molecular weight excluding hydrogens is 230 g/mol. The number of rotatable bonds is 4. The fourth-order valence-corrected chi connectivity index (χ4v) is 1.47. The predicted molar refractivity (Wildman–Crippen MR) is 65.2 cm³/mol. The zero-order valence-electron chi connectivity index (χ0n) is 10.1. The van der Waals surface area contributed by atoms with Gasteiger partial charge in [-0.3, -0.25) is 4.79 Å². The van der Waals surface area contributed by atoms with Crippen molar-refractivity contribution < 1.29 is 4.79 Å². The Morgan fingerprint density at radius 1 is 1.39 bits per heavy atom. The van der Waals surface area contributed by atoms with Gasteiger partial charge in [0.25, 0.3) is 5.91 Å². The molecule has 6 nitrogen and oxygen atoms in total. The summed E-state index contributed by atoms with van der Waals surface area (Å²) in [7, 11) is 0. The lowest BCUT2D eigenvalue weighted by molar-refractivity contribution is 0.0794. The lowest BCUT2D eigenvalue weighted by Crippen LogP contribution is -2.32. The van der Waals surface area contributed by atoms with Crippen LogP contribution in [0.5, 0.6) is 0 Å². The quantitative estimate of drug-likeness (QED) is 0.784. The van der Waals surface area contributed by atoms with E-state index in [1.54, 1.807) is 6.07 Å². The molecule has 1 aromatic heterocycles. The molecule has 0 saturated carbocycles. The van der Waals surface area contributed by atoms with Gasteiger partial charge in [-0.2, -0.15) is 10.5 Å². The molecule has 1 heterocycles. The summed E-state index contributed by atoms with van der Waals surface area (Å²) >= 11 is 0. The Morgan fingerprint density at radius 3 is 2.50 bits per heavy atom. The lowest BCUT2D eigenvalue weighted by Gasteiger charge is -2.16. The first kappa shape index (κ1) is 13.5. The Kier molecular flexibility index (Phi) is 4.65. The van der Waals surface area contributed by atoms with E-state index in [0.29, 0.717) is 17.7 Å². The monoisotopic (exact) mass is 243 g/mol. The first-order valence-electron chi connectivity index (χ1n) is 5.42. The van der Waals surface area contributed by atoms with E-state index in [2.05, 4.69) is 4.98 Å². The van der Waals surface area contributed by atoms with Gasteiger partial charge in [-0.25, -0.2) is 4.98 Å². The molecule has 0 aliphatic carbocycles. The van der Waals surface area contributed by atoms with E-state index in [1.165, 1.54) is 6.07 Å². The normalized spacial score (nSPS) is 9.28. The summed E-state index contributed by atoms with van der Waals surface area (Å²) in [5.41, 5.74) is 6.66. The standard InChI is InChI=1S/C12H13N5O/c1-2-10-7-9(8-11(15)16-10)12(18)17(5-3-13)6-4-14/h7-8H,2,5-6H2,1H3,(H2,15,16). The molecule has 0 aliphatic heterocycles. The van der Waals surface area contributed by atoms with Gasteiger partial charge in [0.1, 0.15) is 18.9 Å². The summed E-state index contributed by atoms with van der Waals surface area (Å²) in [5, 5.41) is 17.2. The van der Waals surface area contributed by atoms with Crippen molar-refractivity contribution >= 4 is 11.7 Å². The van der Waals surface area contributed by atoms with E-state index in [-0.39, 0.29) is 24.8 Å². The van der Waals surface area contributed by atoms with Gasteiger partial charge in [0.2, 0.25) is 0 Å². The Balaban J connectivity index is 3.05. The van der Waals surface area contributed by atoms with Crippen LogP contribution >= 0.6 is 0 Å². The topological polar surface area (TPSA) is 107 Å². The molecule has 0 unspecified atom stereocenters. The van der Waals surface area contributed by atoms with Crippen molar-refractivity contribution in [2.75, 3.05) is 18.8 Å². The zero-order valence-corrected chi connectivity index (χ0v) is 10.1. The van der Waals surface area contributed by atoms with Crippen molar-refractivity contribution in [3.8, 4) is 12.1 Å². The number of aryl methyl sites for hydroxylation is 1. The number of anilines is 1. The van der Waals surface area contributed by atoms with Crippen LogP contribution in [0, 0.1) is 22.7 Å². The van der Waals surface area contributed by atoms with Crippen LogP contribution in [0.2, 0.25) is 0 Å². The number of nitrogens with two attached hydrogens (primary N) is 1. The second kappa shape index (κ2) is 6.21. The number of amides is 1. The highest BCUT2D eigenvalue weighted by Crippen LogP contribution is 2.11. The van der Waals surface area contributed by atoms with Crippen LogP contribution in [0.4, 0.5) is 5.82 Å². The number of hydrogen-bond acceptors (Lipinski definition) is 5. The summed E-state index contributed by atoms with van der Waals surface area (Å²) in [6, 6.07) is 6.78. The van der Waals surface area contributed by atoms with E-state index in [9.17, 15) is 4.79 Å². The third-order valence-corrected chi connectivity index (χ3v) is 2.32. The predicted octanol–water partition coefficient (Wildman–Crippen LogP) is 0.716. The van der Waals surface area contributed by atoms with Gasteiger partial charge in [-0.05, 0) is 18.6 Å². The molecule has 1 amide bonds. The second-order valence-electron chi connectivity index (χ2n) is 3.60. The fourth-order valence-electron chi connectivity index (χ4n) is 1.47. The maximum absolute atomic E-state index is 12.1. The van der Waals surface area contributed by atoms with Crippen molar-refractivity contribution in [2.45, 2.75) is 13.3 Å². The first-order valence-corrected chi connectivity index (χ1v) is 5.42. The van der Waals surface area contributed by atoms with E-state index >= 15 is 0 Å². The Bertz CT molecular complexity index is 510. The molecule has 0 atom stereocenters. The molecule has 18 heavy (non-hydrogen) atoms. The van der Waals surface area contributed by atoms with Crippen molar-refractivity contribution in [3.05, 3.63) is 23.4 Å². The maximum Gasteiger partial charge on any atom is 0.255 e. The summed E-state index contributed by atoms with van der Waals surface area (Å²) in [4.78, 5) is 17.3. The van der Waals surface area contributed by atoms with Crippen LogP contribution in [-0.4, -0.2) is 28.9 Å². The van der Waals surface area contributed by atoms with Gasteiger partial charge in [-0.15, -0.1) is 0 Å². The summed E-state index contributed by atoms with van der Waals surface area (Å²) in [5.74, 6) is -0.131. The number of pyridine rings is 1. The van der Waals surface area contributed by atoms with Crippen LogP contribution in [0.3, 0.4) is 0 Å². The number of carbonyl (C=O) groups is 1. The number of aromatic nitrogens is 1. The Hall–Kier alpha value is -2.60. The molecule has 1 aromatic rings. The molecular formula is C12H13N5O. The molecule has 0 bridgehead atoms. The molecule has 0 aromatic carbocycles. The molecule has 0 saturated heterocycles. The lowest BCUT2D eigenvalue weighted by atomic mass is 10.1. The van der Waals surface area contributed by atoms with Crippen LogP contribution in [0.15, 0.2) is 12.1 Å². The van der Waals surface area contributed by atoms with Gasteiger partial charge in [0, 0.05) is 11.3 Å². The molecule has 1 rings (SSSR count). The molecule has 2 N–H and O–H groups in total. The van der Waals surface area contributed by atoms with Crippen LogP contribution in [0.25, 0.3) is 0 Å². The van der Waals surface area contributed by atoms with E-state index < -0.39 is 0 Å². The molecule has 0 radical (unpaired) electrons. The van der Waals surface area contributed by atoms with Gasteiger partial charge < -0.3 is 10.6 Å². The van der Waals surface area contributed by atoms with Crippen molar-refractivity contribution in [3.63, 3.8) is 0 Å². The molecule has 0 aliphatic rings. The van der Waals surface area contributed by atoms with E-state index in [1.807, 2.05) is 19.1 Å². The highest BCUT2D eigenvalue weighted by molar-refractivity contribution is 5.95. The highest BCUT2D eigenvalue weighted by Gasteiger charge is 2.16. The van der Waals surface area contributed by atoms with Crippen molar-refractivity contribution in [1.82, 2.24) is 9.88 Å². The van der Waals surface area contributed by atoms with Crippen LogP contribution in [0.1, 0.15) is 23.0 Å². The van der Waals surface area contributed by atoms with Gasteiger partial charge in [0.15, 0.2) is 0 Å². The van der Waals surface area contributed by atoms with Crippen LogP contribution < -0.4 is 5.73 Å². The third kappa shape index (κ3) is 3.19. The maximum atomic E-state index is 12.1. The SMILES string of the molecule is CCc1cc(C(=O)N(CC#N)CC#N)cc(N)n1. The van der Waals surface area contributed by atoms with Gasteiger partial charge in [-0.1, -0.05) is 6.92 Å². The number of nitriles is 2. The zero-order chi connectivity index (χ0) is 13.5. The Morgan fingerprint density at radius 2 is 2.00 bits per heavy atom. The largest absolute Gasteiger partial charge is 0.384 e. The van der Waals surface area contributed by atoms with E-state index in [4.69, 9.17) is 16.3 Å². The van der Waals surface area contributed by atoms with Crippen molar-refractivity contribution in [2.24, 2.45) is 0 Å². The highest BCUT2D eigenvalue weighted by atomic mass is 16.2. The number of nitrogens with zero attached hydrogens (tertiary/aromatic N) is 4. The Labute approximate surface area is 105 Å². The third-order valence-electron chi connectivity index (χ3n) is 2.32. The molecule has 6 heteroatoms. The molecule has 92 valence electrons. The minimum atomic E-state index is -0.387. The average Bonchev–Trinajstić information content (AvgIpc) is 2.36. The minimum Gasteiger partial charge on any atom is -0.384 e. The van der Waals surface area contributed by atoms with Crippen LogP contribution in [-0.2, 0) is 6.42 Å². The summed E-state index contributed by atoms with van der Waals surface area (Å²) < 4.78 is 0. The number of hydrogen-bond donors (Lipinski definition) is 1. The smallest absolute Gasteiger partial charge is 0.255 e. The molecule has 0 fully saturated rings. The van der Waals surface area contributed by atoms with Crippen molar-refractivity contribution in [1.29, 1.82) is 10.5 Å². The summed E-state index contributed by atoms with van der Waals surface area (Å²) in [6.45, 7) is 1.64. The molecule has 0 spiro atoms. The average molecular weight is 243 g/mol. The van der Waals surface area contributed by atoms with Gasteiger partial charge >= 0.3 is 0 Å². The fraction of sp³-hybridized carbons (Fsp3) is 0.333. The summed E-state index contributed by atoms with van der Waals surface area (Å²) in [6.07, 6.45) is 0.655. The minimum absolute atomic E-state index is 0.129. The number of carbonyl (C=O) groups excluding carboxylic acids is 1. The number of nitrogen functional groups attached to an aromatic ring is 1. The van der Waals surface area contributed by atoms with E-state index in [0.717, 1.165) is 4.90 Å². The first-order chi connectivity index (χ1) is 8.62.